The number of ether oxygens (including phenoxy) is 1. The lowest BCUT2D eigenvalue weighted by Gasteiger charge is -2.36. The molecule has 140 valence electrons. The summed E-state index contributed by atoms with van der Waals surface area (Å²) in [5, 5.41) is 4.29. The molecule has 5 nitrogen and oxygen atoms in total. The van der Waals surface area contributed by atoms with Crippen molar-refractivity contribution >= 4 is 16.9 Å². The largest absolute Gasteiger partial charge is 0.497 e. The molecular weight excluding hydrogens is 338 g/mol. The molecule has 2 N–H and O–H groups in total. The maximum atomic E-state index is 12.9. The third kappa shape index (κ3) is 3.14. The van der Waals surface area contributed by atoms with E-state index in [1.54, 1.807) is 7.11 Å². The first-order chi connectivity index (χ1) is 13.1. The molecule has 2 amide bonds. The molecule has 27 heavy (non-hydrogen) atoms. The Bertz CT molecular complexity index is 959. The molecule has 2 heterocycles. The number of nitrogens with one attached hydrogen (secondary N) is 2. The van der Waals surface area contributed by atoms with E-state index in [1.165, 1.54) is 10.9 Å². The first kappa shape index (κ1) is 17.5. The average Bonchev–Trinajstić information content (AvgIpc) is 3.05. The van der Waals surface area contributed by atoms with Crippen molar-refractivity contribution in [3.05, 3.63) is 65.4 Å². The molecule has 2 aromatic carbocycles. The number of amides is 2. The van der Waals surface area contributed by atoms with Gasteiger partial charge in [0.1, 0.15) is 5.75 Å². The zero-order valence-electron chi connectivity index (χ0n) is 16.0. The van der Waals surface area contributed by atoms with Crippen LogP contribution in [0.15, 0.2) is 48.5 Å². The van der Waals surface area contributed by atoms with Gasteiger partial charge in [0.05, 0.1) is 13.2 Å². The van der Waals surface area contributed by atoms with E-state index >= 15 is 0 Å². The van der Waals surface area contributed by atoms with Crippen LogP contribution in [0.4, 0.5) is 4.79 Å². The summed E-state index contributed by atoms with van der Waals surface area (Å²) in [7, 11) is 1.66. The van der Waals surface area contributed by atoms with E-state index in [-0.39, 0.29) is 18.1 Å². The fraction of sp³-hybridized carbons (Fsp3) is 0.318. The molecule has 0 radical (unpaired) electrons. The second kappa shape index (κ2) is 6.99. The van der Waals surface area contributed by atoms with Crippen molar-refractivity contribution in [1.82, 2.24) is 15.2 Å². The predicted octanol–water partition coefficient (Wildman–Crippen LogP) is 4.24. The van der Waals surface area contributed by atoms with Crippen molar-refractivity contribution < 1.29 is 9.53 Å². The fourth-order valence-electron chi connectivity index (χ4n) is 3.92. The molecule has 1 aromatic heterocycles. The molecule has 1 aliphatic heterocycles. The number of para-hydroxylation sites is 1. The standard InChI is InChI=1S/C22H25N3O2/c1-14(2)23-22(26)25-13-12-18-17-6-4-5-7-19(17)24-20(18)21(25)15-8-10-16(27-3)11-9-15/h4-11,14,21,24H,12-13H2,1-3H3,(H,23,26)/t21-/m0/s1. The number of nitrogens with zero attached hydrogens (tertiary/aromatic N) is 1. The van der Waals surface area contributed by atoms with Gasteiger partial charge in [-0.05, 0) is 49.6 Å². The number of urea groups is 1. The van der Waals surface area contributed by atoms with Crippen LogP contribution in [0.1, 0.15) is 36.7 Å². The third-order valence-electron chi connectivity index (χ3n) is 5.14. The van der Waals surface area contributed by atoms with Gasteiger partial charge < -0.3 is 19.9 Å². The number of aromatic nitrogens is 1. The quantitative estimate of drug-likeness (QED) is 0.731. The Morgan fingerprint density at radius 2 is 1.93 bits per heavy atom. The van der Waals surface area contributed by atoms with Gasteiger partial charge in [0, 0.05) is 29.2 Å². The van der Waals surface area contributed by atoms with Crippen molar-refractivity contribution in [2.45, 2.75) is 32.4 Å². The summed E-state index contributed by atoms with van der Waals surface area (Å²) in [4.78, 5) is 18.4. The fourth-order valence-corrected chi connectivity index (χ4v) is 3.92. The van der Waals surface area contributed by atoms with E-state index in [0.717, 1.165) is 28.9 Å². The highest BCUT2D eigenvalue weighted by atomic mass is 16.5. The number of rotatable bonds is 3. The van der Waals surface area contributed by atoms with Crippen LogP contribution in [-0.4, -0.2) is 35.6 Å². The summed E-state index contributed by atoms with van der Waals surface area (Å²) in [5.74, 6) is 0.810. The van der Waals surface area contributed by atoms with Gasteiger partial charge in [0.15, 0.2) is 0 Å². The molecule has 0 spiro atoms. The van der Waals surface area contributed by atoms with E-state index in [9.17, 15) is 4.79 Å². The van der Waals surface area contributed by atoms with Crippen molar-refractivity contribution in [2.75, 3.05) is 13.7 Å². The minimum atomic E-state index is -0.147. The van der Waals surface area contributed by atoms with Gasteiger partial charge in [-0.3, -0.25) is 0 Å². The zero-order valence-corrected chi connectivity index (χ0v) is 16.0. The second-order valence-electron chi connectivity index (χ2n) is 7.29. The summed E-state index contributed by atoms with van der Waals surface area (Å²) in [6.45, 7) is 4.65. The van der Waals surface area contributed by atoms with Crippen LogP contribution in [0.2, 0.25) is 0 Å². The molecule has 4 rings (SSSR count). The summed E-state index contributed by atoms with van der Waals surface area (Å²) in [6, 6.07) is 16.2. The normalized spacial score (nSPS) is 16.4. The van der Waals surface area contributed by atoms with E-state index in [4.69, 9.17) is 4.74 Å². The Hall–Kier alpha value is -2.95. The summed E-state index contributed by atoms with van der Waals surface area (Å²) < 4.78 is 5.30. The molecule has 0 aliphatic carbocycles. The van der Waals surface area contributed by atoms with Crippen molar-refractivity contribution in [1.29, 1.82) is 0 Å². The molecule has 1 atom stereocenters. The van der Waals surface area contributed by atoms with Gasteiger partial charge in [0.2, 0.25) is 0 Å². The minimum absolute atomic E-state index is 0.0323. The lowest BCUT2D eigenvalue weighted by atomic mass is 9.92. The van der Waals surface area contributed by atoms with Gasteiger partial charge in [-0.2, -0.15) is 0 Å². The molecule has 0 unspecified atom stereocenters. The third-order valence-corrected chi connectivity index (χ3v) is 5.14. The minimum Gasteiger partial charge on any atom is -0.497 e. The van der Waals surface area contributed by atoms with Gasteiger partial charge >= 0.3 is 6.03 Å². The van der Waals surface area contributed by atoms with Crippen LogP contribution in [-0.2, 0) is 6.42 Å². The van der Waals surface area contributed by atoms with Crippen LogP contribution in [0.5, 0.6) is 5.75 Å². The molecule has 3 aromatic rings. The Labute approximate surface area is 159 Å². The number of hydrogen-bond donors (Lipinski definition) is 2. The maximum absolute atomic E-state index is 12.9. The van der Waals surface area contributed by atoms with Crippen molar-refractivity contribution in [3.63, 3.8) is 0 Å². The van der Waals surface area contributed by atoms with Crippen molar-refractivity contribution in [3.8, 4) is 5.75 Å². The maximum Gasteiger partial charge on any atom is 0.318 e. The first-order valence-electron chi connectivity index (χ1n) is 9.39. The molecule has 1 aliphatic rings. The molecule has 0 saturated heterocycles. The van der Waals surface area contributed by atoms with Crippen LogP contribution in [0.25, 0.3) is 10.9 Å². The SMILES string of the molecule is COc1ccc([C@H]2c3[nH]c4ccccc4c3CCN2C(=O)NC(C)C)cc1. The van der Waals surface area contributed by atoms with Crippen LogP contribution in [0.3, 0.4) is 0 Å². The van der Waals surface area contributed by atoms with Crippen molar-refractivity contribution in [2.24, 2.45) is 0 Å². The topological polar surface area (TPSA) is 57.4 Å². The number of benzene rings is 2. The number of H-pyrrole nitrogens is 1. The Morgan fingerprint density at radius 1 is 1.19 bits per heavy atom. The molecule has 0 saturated carbocycles. The average molecular weight is 363 g/mol. The van der Waals surface area contributed by atoms with Gasteiger partial charge in [-0.1, -0.05) is 30.3 Å². The molecule has 0 bridgehead atoms. The van der Waals surface area contributed by atoms with Crippen LogP contribution >= 0.6 is 0 Å². The smallest absolute Gasteiger partial charge is 0.318 e. The Kier molecular flexibility index (Phi) is 4.52. The van der Waals surface area contributed by atoms with Gasteiger partial charge in [0.25, 0.3) is 0 Å². The number of aromatic amines is 1. The highest BCUT2D eigenvalue weighted by molar-refractivity contribution is 5.86. The second-order valence-corrected chi connectivity index (χ2v) is 7.29. The summed E-state index contributed by atoms with van der Waals surface area (Å²) in [5.41, 5.74) is 4.60. The number of fused-ring (bicyclic) bond motifs is 3. The predicted molar refractivity (Wildman–Crippen MR) is 107 cm³/mol. The van der Waals surface area contributed by atoms with E-state index in [1.807, 2.05) is 49.1 Å². The number of methoxy groups -OCH3 is 1. The summed E-state index contributed by atoms with van der Waals surface area (Å²) >= 11 is 0. The first-order valence-corrected chi connectivity index (χ1v) is 9.39. The molecule has 0 fully saturated rings. The molecular formula is C22H25N3O2. The number of carbonyl (C=O) groups is 1. The highest BCUT2D eigenvalue weighted by Crippen LogP contribution is 2.38. The number of carbonyl (C=O) groups excluding carboxylic acids is 1. The lowest BCUT2D eigenvalue weighted by Crippen LogP contribution is -2.47. The lowest BCUT2D eigenvalue weighted by molar-refractivity contribution is 0.177. The zero-order chi connectivity index (χ0) is 19.0. The summed E-state index contributed by atoms with van der Waals surface area (Å²) in [6.07, 6.45) is 0.845. The highest BCUT2D eigenvalue weighted by Gasteiger charge is 2.34. The van der Waals surface area contributed by atoms with E-state index < -0.39 is 0 Å². The molecule has 5 heteroatoms. The van der Waals surface area contributed by atoms with Gasteiger partial charge in [-0.15, -0.1) is 0 Å². The Morgan fingerprint density at radius 3 is 2.63 bits per heavy atom. The van der Waals surface area contributed by atoms with Gasteiger partial charge in [-0.25, -0.2) is 4.79 Å². The van der Waals surface area contributed by atoms with Crippen LogP contribution < -0.4 is 10.1 Å². The van der Waals surface area contributed by atoms with Crippen LogP contribution in [0, 0.1) is 0 Å². The van der Waals surface area contributed by atoms with E-state index in [0.29, 0.717) is 6.54 Å². The monoisotopic (exact) mass is 363 g/mol. The van der Waals surface area contributed by atoms with E-state index in [2.05, 4.69) is 28.5 Å². The Balaban J connectivity index is 1.83. The number of hydrogen-bond acceptors (Lipinski definition) is 2.